The van der Waals surface area contributed by atoms with E-state index in [0.717, 1.165) is 10.0 Å². The van der Waals surface area contributed by atoms with Crippen molar-refractivity contribution in [1.82, 2.24) is 5.32 Å². The Morgan fingerprint density at radius 2 is 2.20 bits per heavy atom. The van der Waals surface area contributed by atoms with E-state index in [-0.39, 0.29) is 11.8 Å². The maximum absolute atomic E-state index is 10.9. The number of carboxylic acids is 1. The van der Waals surface area contributed by atoms with Crippen LogP contribution in [0, 0.1) is 6.92 Å². The second-order valence-electron chi connectivity index (χ2n) is 4.69. The molecule has 0 fully saturated rings. The van der Waals surface area contributed by atoms with Gasteiger partial charge in [0.15, 0.2) is 0 Å². The number of hydrogen-bond donors (Lipinski definition) is 2. The summed E-state index contributed by atoms with van der Waals surface area (Å²) in [6.45, 7) is 4.27. The fourth-order valence-electron chi connectivity index (χ4n) is 1.99. The summed E-state index contributed by atoms with van der Waals surface area (Å²) in [4.78, 5) is 10.9. The van der Waals surface area contributed by atoms with Crippen molar-refractivity contribution < 1.29 is 14.3 Å². The van der Waals surface area contributed by atoms with Crippen molar-refractivity contribution in [3.8, 4) is 0 Å². The van der Waals surface area contributed by atoms with Gasteiger partial charge in [-0.15, -0.1) is 0 Å². The Bertz CT molecular complexity index is 621. The Hall–Kier alpha value is -1.59. The molecule has 2 rings (SSSR count). The van der Waals surface area contributed by atoms with Gasteiger partial charge < -0.3 is 14.8 Å². The minimum absolute atomic E-state index is 0.0110. The van der Waals surface area contributed by atoms with Crippen LogP contribution in [0.3, 0.4) is 0 Å². The monoisotopic (exact) mass is 337 g/mol. The molecule has 0 amide bonds. The van der Waals surface area contributed by atoms with Crippen molar-refractivity contribution >= 4 is 21.9 Å². The van der Waals surface area contributed by atoms with Crippen LogP contribution in [0.4, 0.5) is 0 Å². The fraction of sp³-hybridized carbons (Fsp3) is 0.267. The summed E-state index contributed by atoms with van der Waals surface area (Å²) < 4.78 is 6.35. The molecule has 2 aromatic rings. The standard InChI is InChI=1S/C15H16BrNO3/c1-9-6-13(20-14(9)15(18)19)8-17-10(2)11-4-3-5-12(16)7-11/h3-7,10,17H,8H2,1-2H3,(H,18,19)/t10-/m0/s1. The molecule has 106 valence electrons. The van der Waals surface area contributed by atoms with Crippen LogP contribution in [0.25, 0.3) is 0 Å². The van der Waals surface area contributed by atoms with Gasteiger partial charge in [0.05, 0.1) is 6.54 Å². The average Bonchev–Trinajstić information content (AvgIpc) is 2.77. The van der Waals surface area contributed by atoms with Gasteiger partial charge in [-0.2, -0.15) is 0 Å². The van der Waals surface area contributed by atoms with Crippen LogP contribution >= 0.6 is 15.9 Å². The van der Waals surface area contributed by atoms with Crippen LogP contribution in [-0.4, -0.2) is 11.1 Å². The summed E-state index contributed by atoms with van der Waals surface area (Å²) in [7, 11) is 0. The first-order chi connectivity index (χ1) is 9.47. The van der Waals surface area contributed by atoms with Gasteiger partial charge in [-0.1, -0.05) is 28.1 Å². The zero-order valence-corrected chi connectivity index (χ0v) is 12.9. The molecule has 0 saturated heterocycles. The van der Waals surface area contributed by atoms with Crippen LogP contribution in [0.1, 0.15) is 40.4 Å². The first-order valence-corrected chi connectivity index (χ1v) is 7.08. The lowest BCUT2D eigenvalue weighted by Gasteiger charge is -2.13. The SMILES string of the molecule is Cc1cc(CN[C@@H](C)c2cccc(Br)c2)oc1C(=O)O. The van der Waals surface area contributed by atoms with E-state index in [1.54, 1.807) is 13.0 Å². The fourth-order valence-corrected chi connectivity index (χ4v) is 2.41. The van der Waals surface area contributed by atoms with Crippen molar-refractivity contribution in [2.75, 3.05) is 0 Å². The van der Waals surface area contributed by atoms with E-state index in [0.29, 0.717) is 17.9 Å². The largest absolute Gasteiger partial charge is 0.475 e. The number of carbonyl (C=O) groups is 1. The molecule has 0 radical (unpaired) electrons. The van der Waals surface area contributed by atoms with Gasteiger partial charge in [-0.25, -0.2) is 4.79 Å². The minimum atomic E-state index is -1.03. The summed E-state index contributed by atoms with van der Waals surface area (Å²) in [5.41, 5.74) is 1.80. The zero-order valence-electron chi connectivity index (χ0n) is 11.3. The molecular formula is C15H16BrNO3. The van der Waals surface area contributed by atoms with Gasteiger partial charge >= 0.3 is 5.97 Å². The predicted octanol–water partition coefficient (Wildman–Crippen LogP) is 3.90. The normalized spacial score (nSPS) is 12.3. The lowest BCUT2D eigenvalue weighted by molar-refractivity contribution is 0.0659. The zero-order chi connectivity index (χ0) is 14.7. The van der Waals surface area contributed by atoms with Crippen LogP contribution in [-0.2, 0) is 6.54 Å². The van der Waals surface area contributed by atoms with E-state index >= 15 is 0 Å². The third-order valence-electron chi connectivity index (χ3n) is 3.09. The van der Waals surface area contributed by atoms with Crippen molar-refractivity contribution in [3.63, 3.8) is 0 Å². The summed E-state index contributed by atoms with van der Waals surface area (Å²) in [6, 6.07) is 9.95. The van der Waals surface area contributed by atoms with Gasteiger partial charge in [0.25, 0.3) is 0 Å². The van der Waals surface area contributed by atoms with E-state index in [9.17, 15) is 4.79 Å². The number of halogens is 1. The molecule has 0 aliphatic rings. The van der Waals surface area contributed by atoms with Gasteiger partial charge in [0, 0.05) is 16.1 Å². The summed E-state index contributed by atoms with van der Waals surface area (Å²) in [5, 5.41) is 12.3. The lowest BCUT2D eigenvalue weighted by Crippen LogP contribution is -2.17. The summed E-state index contributed by atoms with van der Waals surface area (Å²) in [6.07, 6.45) is 0. The van der Waals surface area contributed by atoms with Gasteiger partial charge in [0.1, 0.15) is 5.76 Å². The highest BCUT2D eigenvalue weighted by molar-refractivity contribution is 9.10. The molecule has 0 saturated carbocycles. The Kier molecular flexibility index (Phi) is 4.62. The number of carboxylic acid groups (broad SMARTS) is 1. The van der Waals surface area contributed by atoms with Gasteiger partial charge in [-0.3, -0.25) is 0 Å². The van der Waals surface area contributed by atoms with E-state index in [1.807, 2.05) is 24.3 Å². The molecule has 1 atom stereocenters. The maximum atomic E-state index is 10.9. The van der Waals surface area contributed by atoms with Gasteiger partial charge in [0.2, 0.25) is 5.76 Å². The Morgan fingerprint density at radius 1 is 1.45 bits per heavy atom. The first kappa shape index (κ1) is 14.8. The minimum Gasteiger partial charge on any atom is -0.475 e. The Morgan fingerprint density at radius 3 is 2.80 bits per heavy atom. The number of benzene rings is 1. The number of aromatic carboxylic acids is 1. The summed E-state index contributed by atoms with van der Waals surface area (Å²) >= 11 is 3.44. The molecule has 5 heteroatoms. The second-order valence-corrected chi connectivity index (χ2v) is 5.60. The highest BCUT2D eigenvalue weighted by Gasteiger charge is 2.14. The molecule has 4 nitrogen and oxygen atoms in total. The molecule has 0 aliphatic carbocycles. The molecule has 0 bridgehead atoms. The molecule has 20 heavy (non-hydrogen) atoms. The molecule has 0 unspecified atom stereocenters. The smallest absolute Gasteiger partial charge is 0.372 e. The maximum Gasteiger partial charge on any atom is 0.372 e. The molecule has 1 heterocycles. The van der Waals surface area contributed by atoms with Crippen LogP contribution in [0.2, 0.25) is 0 Å². The van der Waals surface area contributed by atoms with E-state index in [2.05, 4.69) is 28.2 Å². The Labute approximate surface area is 125 Å². The number of nitrogens with one attached hydrogen (secondary N) is 1. The second kappa shape index (κ2) is 6.24. The molecule has 1 aromatic carbocycles. The lowest BCUT2D eigenvalue weighted by atomic mass is 10.1. The molecule has 0 spiro atoms. The van der Waals surface area contributed by atoms with Crippen LogP contribution in [0.15, 0.2) is 39.2 Å². The van der Waals surface area contributed by atoms with Gasteiger partial charge in [-0.05, 0) is 37.6 Å². The summed E-state index contributed by atoms with van der Waals surface area (Å²) in [5.74, 6) is -0.396. The number of aryl methyl sites for hydroxylation is 1. The number of hydrogen-bond acceptors (Lipinski definition) is 3. The number of rotatable bonds is 5. The third kappa shape index (κ3) is 3.49. The molecule has 0 aliphatic heterocycles. The molecule has 2 N–H and O–H groups in total. The number of furan rings is 1. The topological polar surface area (TPSA) is 62.5 Å². The molecule has 1 aromatic heterocycles. The Balaban J connectivity index is 2.01. The third-order valence-corrected chi connectivity index (χ3v) is 3.59. The first-order valence-electron chi connectivity index (χ1n) is 6.29. The quantitative estimate of drug-likeness (QED) is 0.868. The van der Waals surface area contributed by atoms with Crippen molar-refractivity contribution in [2.45, 2.75) is 26.4 Å². The van der Waals surface area contributed by atoms with Crippen LogP contribution in [0.5, 0.6) is 0 Å². The van der Waals surface area contributed by atoms with E-state index in [4.69, 9.17) is 9.52 Å². The highest BCUT2D eigenvalue weighted by atomic mass is 79.9. The highest BCUT2D eigenvalue weighted by Crippen LogP contribution is 2.19. The van der Waals surface area contributed by atoms with E-state index < -0.39 is 5.97 Å². The predicted molar refractivity (Wildman–Crippen MR) is 79.8 cm³/mol. The average molecular weight is 338 g/mol. The van der Waals surface area contributed by atoms with E-state index in [1.165, 1.54) is 0 Å². The van der Waals surface area contributed by atoms with Crippen LogP contribution < -0.4 is 5.32 Å². The van der Waals surface area contributed by atoms with Crippen molar-refractivity contribution in [2.24, 2.45) is 0 Å². The van der Waals surface area contributed by atoms with Crippen molar-refractivity contribution in [3.05, 3.63) is 57.5 Å². The van der Waals surface area contributed by atoms with Crippen molar-refractivity contribution in [1.29, 1.82) is 0 Å². The molecular weight excluding hydrogens is 322 g/mol.